The van der Waals surface area contributed by atoms with Crippen LogP contribution in [0.15, 0.2) is 24.3 Å². The van der Waals surface area contributed by atoms with Gasteiger partial charge in [-0.3, -0.25) is 9.69 Å². The topological polar surface area (TPSA) is 46.3 Å². The van der Waals surface area contributed by atoms with Crippen molar-refractivity contribution in [2.24, 2.45) is 5.73 Å². The van der Waals surface area contributed by atoms with Gasteiger partial charge in [-0.15, -0.1) is 0 Å². The maximum Gasteiger partial charge on any atom is 0.234 e. The molecule has 2 N–H and O–H groups in total. The lowest BCUT2D eigenvalue weighted by Gasteiger charge is -2.33. The van der Waals surface area contributed by atoms with Crippen LogP contribution in [0.4, 0.5) is 4.39 Å². The van der Waals surface area contributed by atoms with E-state index in [1.165, 1.54) is 12.1 Å². The number of rotatable bonds is 3. The van der Waals surface area contributed by atoms with Crippen molar-refractivity contribution in [1.82, 2.24) is 4.90 Å². The molecule has 1 saturated heterocycles. The Morgan fingerprint density at radius 3 is 2.76 bits per heavy atom. The summed E-state index contributed by atoms with van der Waals surface area (Å²) in [6.45, 7) is 1.46. The minimum absolute atomic E-state index is 0.228. The normalized spacial score (nSPS) is 21.4. The number of hydrogen-bond acceptors (Lipinski definition) is 2. The number of carbonyl (C=O) groups excluding carboxylic acids is 1. The molecule has 1 aromatic rings. The van der Waals surface area contributed by atoms with Gasteiger partial charge in [-0.05, 0) is 43.5 Å². The Bertz CT molecular complexity index is 391. The SMILES string of the molecule is NC(=O)C1C[CH]CCN1Cc1ccc(F)cc1. The highest BCUT2D eigenvalue weighted by Crippen LogP contribution is 2.18. The van der Waals surface area contributed by atoms with Crippen LogP contribution in [0.1, 0.15) is 18.4 Å². The number of nitrogens with two attached hydrogens (primary N) is 1. The molecule has 2 rings (SSSR count). The van der Waals surface area contributed by atoms with Gasteiger partial charge in [-0.25, -0.2) is 4.39 Å². The standard InChI is InChI=1S/C13H16FN2O/c14-11-6-4-10(5-7-11)9-16-8-2-1-3-12(16)13(15)17/h1,4-7,12H,2-3,8-9H2,(H2,15,17). The van der Waals surface area contributed by atoms with Crippen LogP contribution in [-0.4, -0.2) is 23.4 Å². The van der Waals surface area contributed by atoms with Crippen LogP contribution in [0, 0.1) is 12.2 Å². The molecule has 0 spiro atoms. The van der Waals surface area contributed by atoms with E-state index in [0.29, 0.717) is 13.0 Å². The third kappa shape index (κ3) is 3.03. The molecule has 1 aliphatic rings. The predicted molar refractivity (Wildman–Crippen MR) is 63.3 cm³/mol. The molecule has 0 aromatic heterocycles. The smallest absolute Gasteiger partial charge is 0.234 e. The lowest BCUT2D eigenvalue weighted by atomic mass is 10.0. The van der Waals surface area contributed by atoms with E-state index in [4.69, 9.17) is 5.73 Å². The monoisotopic (exact) mass is 235 g/mol. The maximum atomic E-state index is 12.8. The van der Waals surface area contributed by atoms with Gasteiger partial charge in [0, 0.05) is 6.54 Å². The van der Waals surface area contributed by atoms with Gasteiger partial charge in [0.1, 0.15) is 5.82 Å². The fourth-order valence-corrected chi connectivity index (χ4v) is 2.15. The largest absolute Gasteiger partial charge is 0.368 e. The van der Waals surface area contributed by atoms with Gasteiger partial charge in [-0.1, -0.05) is 12.1 Å². The molecular formula is C13H16FN2O. The molecule has 1 unspecified atom stereocenters. The Morgan fingerprint density at radius 2 is 2.12 bits per heavy atom. The van der Waals surface area contributed by atoms with Crippen LogP contribution >= 0.6 is 0 Å². The highest BCUT2D eigenvalue weighted by Gasteiger charge is 2.26. The second-order valence-electron chi connectivity index (χ2n) is 4.33. The second-order valence-corrected chi connectivity index (χ2v) is 4.33. The summed E-state index contributed by atoms with van der Waals surface area (Å²) < 4.78 is 12.8. The highest BCUT2D eigenvalue weighted by molar-refractivity contribution is 5.80. The number of likely N-dealkylation sites (tertiary alicyclic amines) is 1. The van der Waals surface area contributed by atoms with Gasteiger partial charge >= 0.3 is 0 Å². The fourth-order valence-electron chi connectivity index (χ4n) is 2.15. The van der Waals surface area contributed by atoms with Crippen LogP contribution in [0.25, 0.3) is 0 Å². The molecule has 1 aromatic carbocycles. The maximum absolute atomic E-state index is 12.8. The number of nitrogens with zero attached hydrogens (tertiary/aromatic N) is 1. The van der Waals surface area contributed by atoms with Crippen LogP contribution in [0.5, 0.6) is 0 Å². The lowest BCUT2D eigenvalue weighted by molar-refractivity contribution is -0.124. The molecule has 1 fully saturated rings. The summed E-state index contributed by atoms with van der Waals surface area (Å²) in [6, 6.07) is 6.13. The zero-order valence-electron chi connectivity index (χ0n) is 9.60. The van der Waals surface area contributed by atoms with Gasteiger partial charge in [0.2, 0.25) is 5.91 Å². The van der Waals surface area contributed by atoms with Crippen molar-refractivity contribution in [2.75, 3.05) is 6.54 Å². The minimum Gasteiger partial charge on any atom is -0.368 e. The first-order valence-corrected chi connectivity index (χ1v) is 5.76. The number of piperidine rings is 1. The molecular weight excluding hydrogens is 219 g/mol. The van der Waals surface area contributed by atoms with E-state index >= 15 is 0 Å². The quantitative estimate of drug-likeness (QED) is 0.862. The van der Waals surface area contributed by atoms with Crippen molar-refractivity contribution in [3.8, 4) is 0 Å². The molecule has 3 nitrogen and oxygen atoms in total. The van der Waals surface area contributed by atoms with E-state index in [2.05, 4.69) is 11.3 Å². The van der Waals surface area contributed by atoms with E-state index < -0.39 is 0 Å². The number of carbonyl (C=O) groups is 1. The Hall–Kier alpha value is -1.42. The lowest BCUT2D eigenvalue weighted by Crippen LogP contribution is -2.47. The molecule has 1 heterocycles. The van der Waals surface area contributed by atoms with Gasteiger partial charge in [0.15, 0.2) is 0 Å². The summed E-state index contributed by atoms with van der Waals surface area (Å²) in [5, 5.41) is 0. The van der Waals surface area contributed by atoms with E-state index in [9.17, 15) is 9.18 Å². The Kier molecular flexibility index (Phi) is 3.74. The second kappa shape index (κ2) is 5.27. The number of primary amides is 1. The molecule has 0 saturated carbocycles. The minimum atomic E-state index is -0.289. The third-order valence-corrected chi connectivity index (χ3v) is 3.08. The van der Waals surface area contributed by atoms with E-state index in [1.54, 1.807) is 12.1 Å². The van der Waals surface area contributed by atoms with E-state index in [1.807, 2.05) is 0 Å². The van der Waals surface area contributed by atoms with E-state index in [0.717, 1.165) is 18.5 Å². The Labute approximate surface area is 100 Å². The summed E-state index contributed by atoms with van der Waals surface area (Å²) in [5.74, 6) is -0.532. The van der Waals surface area contributed by atoms with Crippen LogP contribution in [-0.2, 0) is 11.3 Å². The molecule has 0 aliphatic carbocycles. The first kappa shape index (κ1) is 12.0. The predicted octanol–water partition coefficient (Wildman–Crippen LogP) is 1.48. The molecule has 0 bridgehead atoms. The first-order valence-electron chi connectivity index (χ1n) is 5.76. The summed E-state index contributed by atoms with van der Waals surface area (Å²) in [4.78, 5) is 13.4. The average Bonchev–Trinajstić information content (AvgIpc) is 2.32. The van der Waals surface area contributed by atoms with Crippen LogP contribution in [0.2, 0.25) is 0 Å². The number of benzene rings is 1. The van der Waals surface area contributed by atoms with Crippen molar-refractivity contribution in [2.45, 2.75) is 25.4 Å². The van der Waals surface area contributed by atoms with Gasteiger partial charge < -0.3 is 5.73 Å². The van der Waals surface area contributed by atoms with Crippen molar-refractivity contribution in [3.05, 3.63) is 42.1 Å². The molecule has 1 atom stereocenters. The zero-order valence-corrected chi connectivity index (χ0v) is 9.60. The first-order chi connectivity index (χ1) is 8.16. The molecule has 1 amide bonds. The average molecular weight is 235 g/mol. The number of hydrogen-bond donors (Lipinski definition) is 1. The summed E-state index contributed by atoms with van der Waals surface area (Å²) >= 11 is 0. The van der Waals surface area contributed by atoms with Gasteiger partial charge in [0.05, 0.1) is 6.04 Å². The van der Waals surface area contributed by atoms with Crippen molar-refractivity contribution in [1.29, 1.82) is 0 Å². The molecule has 91 valence electrons. The van der Waals surface area contributed by atoms with Gasteiger partial charge in [-0.2, -0.15) is 0 Å². The zero-order chi connectivity index (χ0) is 12.3. The molecule has 17 heavy (non-hydrogen) atoms. The summed E-state index contributed by atoms with van der Waals surface area (Å²) in [5.41, 5.74) is 6.37. The highest BCUT2D eigenvalue weighted by atomic mass is 19.1. The van der Waals surface area contributed by atoms with Crippen LogP contribution in [0.3, 0.4) is 0 Å². The number of amides is 1. The summed E-state index contributed by atoms with van der Waals surface area (Å²) in [6.07, 6.45) is 3.76. The van der Waals surface area contributed by atoms with Crippen molar-refractivity contribution < 1.29 is 9.18 Å². The molecule has 4 heteroatoms. The Morgan fingerprint density at radius 1 is 1.41 bits per heavy atom. The number of halogens is 1. The van der Waals surface area contributed by atoms with Crippen molar-refractivity contribution in [3.63, 3.8) is 0 Å². The van der Waals surface area contributed by atoms with Crippen LogP contribution < -0.4 is 5.73 Å². The fraction of sp³-hybridized carbons (Fsp3) is 0.385. The van der Waals surface area contributed by atoms with Gasteiger partial charge in [0.25, 0.3) is 0 Å². The van der Waals surface area contributed by atoms with E-state index in [-0.39, 0.29) is 17.8 Å². The molecule has 1 aliphatic heterocycles. The summed E-state index contributed by atoms with van der Waals surface area (Å²) in [7, 11) is 0. The molecule has 1 radical (unpaired) electrons. The third-order valence-electron chi connectivity index (χ3n) is 3.08. The van der Waals surface area contributed by atoms with Crippen molar-refractivity contribution >= 4 is 5.91 Å². The Balaban J connectivity index is 2.05.